The predicted molar refractivity (Wildman–Crippen MR) is 114 cm³/mol. The molecule has 10 heteroatoms. The largest absolute Gasteiger partial charge is 0.457 e. The number of nitrogens with zero attached hydrogens (tertiary/aromatic N) is 1. The second-order valence-corrected chi connectivity index (χ2v) is 7.73. The molecule has 31 heavy (non-hydrogen) atoms. The van der Waals surface area contributed by atoms with Gasteiger partial charge in [0.05, 0.1) is 4.92 Å². The number of nitro groups is 1. The summed E-state index contributed by atoms with van der Waals surface area (Å²) in [5.41, 5.74) is 0.486. The van der Waals surface area contributed by atoms with Crippen LogP contribution in [0.4, 0.5) is 11.4 Å². The minimum absolute atomic E-state index is 0.0636. The highest BCUT2D eigenvalue weighted by Gasteiger charge is 2.16. The van der Waals surface area contributed by atoms with Crippen molar-refractivity contribution in [3.05, 3.63) is 79.5 Å². The van der Waals surface area contributed by atoms with Crippen LogP contribution in [0.25, 0.3) is 21.1 Å². The van der Waals surface area contributed by atoms with E-state index in [1.165, 1.54) is 37.3 Å². The van der Waals surface area contributed by atoms with Gasteiger partial charge in [0.15, 0.2) is 0 Å². The van der Waals surface area contributed by atoms with Crippen LogP contribution in [0.1, 0.15) is 22.2 Å². The average Bonchev–Trinajstić information content (AvgIpc) is 3.14. The van der Waals surface area contributed by atoms with E-state index in [0.717, 1.165) is 11.3 Å². The molecular weight excluding hydrogens is 424 g/mol. The van der Waals surface area contributed by atoms with Crippen molar-refractivity contribution in [2.45, 2.75) is 13.5 Å². The zero-order valence-electron chi connectivity index (χ0n) is 16.0. The van der Waals surface area contributed by atoms with Gasteiger partial charge < -0.3 is 14.5 Å². The highest BCUT2D eigenvalue weighted by molar-refractivity contribution is 7.20. The fourth-order valence-corrected chi connectivity index (χ4v) is 4.03. The van der Waals surface area contributed by atoms with E-state index in [9.17, 15) is 24.5 Å². The zero-order valence-corrected chi connectivity index (χ0v) is 16.9. The predicted octanol–water partition coefficient (Wildman–Crippen LogP) is 4.23. The molecule has 0 aliphatic rings. The summed E-state index contributed by atoms with van der Waals surface area (Å²) in [7, 11) is 0. The molecule has 2 aromatic carbocycles. The normalized spacial score (nSPS) is 10.9. The molecule has 0 aliphatic heterocycles. The van der Waals surface area contributed by atoms with Crippen molar-refractivity contribution in [3.8, 4) is 0 Å². The molecule has 4 aromatic rings. The lowest BCUT2D eigenvalue weighted by Gasteiger charge is -2.08. The molecule has 0 saturated carbocycles. The third-order valence-corrected chi connectivity index (χ3v) is 5.52. The Hall–Kier alpha value is -4.05. The maximum absolute atomic E-state index is 12.5. The van der Waals surface area contributed by atoms with Crippen LogP contribution in [0, 0.1) is 10.1 Å². The van der Waals surface area contributed by atoms with Gasteiger partial charge in [-0.2, -0.15) is 0 Å². The first-order valence-electron chi connectivity index (χ1n) is 8.99. The third kappa shape index (κ3) is 4.28. The molecule has 1 N–H and O–H groups in total. The molecule has 0 atom stereocenters. The van der Waals surface area contributed by atoms with Gasteiger partial charge in [0.2, 0.25) is 5.91 Å². The SMILES string of the molecule is CC(=O)Nc1ccc2c(COC(=O)c3cc4cc([N+](=O)[O-])ccc4s3)cc(=O)oc2c1. The van der Waals surface area contributed by atoms with Gasteiger partial charge in [-0.3, -0.25) is 14.9 Å². The maximum Gasteiger partial charge on any atom is 0.348 e. The Morgan fingerprint density at radius 1 is 1.16 bits per heavy atom. The number of carbonyl (C=O) groups is 2. The molecule has 9 nitrogen and oxygen atoms in total. The molecule has 0 aliphatic carbocycles. The Kier molecular flexibility index (Phi) is 5.22. The van der Waals surface area contributed by atoms with Gasteiger partial charge in [-0.15, -0.1) is 11.3 Å². The molecule has 4 rings (SSSR count). The number of benzene rings is 2. The van der Waals surface area contributed by atoms with Crippen LogP contribution in [-0.2, 0) is 16.1 Å². The molecule has 2 heterocycles. The Morgan fingerprint density at radius 3 is 2.71 bits per heavy atom. The Bertz CT molecular complexity index is 1420. The van der Waals surface area contributed by atoms with E-state index < -0.39 is 16.5 Å². The van der Waals surface area contributed by atoms with E-state index in [-0.39, 0.29) is 28.7 Å². The molecule has 0 spiro atoms. The minimum atomic E-state index is -0.618. The Morgan fingerprint density at radius 2 is 1.97 bits per heavy atom. The van der Waals surface area contributed by atoms with Gasteiger partial charge in [-0.05, 0) is 24.3 Å². The topological polar surface area (TPSA) is 129 Å². The molecule has 0 saturated heterocycles. The van der Waals surface area contributed by atoms with Crippen molar-refractivity contribution in [3.63, 3.8) is 0 Å². The van der Waals surface area contributed by atoms with Gasteiger partial charge in [0.25, 0.3) is 5.69 Å². The summed E-state index contributed by atoms with van der Waals surface area (Å²) in [6, 6.07) is 11.9. The molecule has 0 radical (unpaired) electrons. The standard InChI is InChI=1S/C21H14N2O7S/c1-11(24)22-14-2-4-16-13(8-20(25)30-17(16)9-14)10-29-21(26)19-7-12-6-15(23(27)28)3-5-18(12)31-19/h2-9H,10H2,1H3,(H,22,24). The highest BCUT2D eigenvalue weighted by atomic mass is 32.1. The van der Waals surface area contributed by atoms with E-state index in [2.05, 4.69) is 5.32 Å². The van der Waals surface area contributed by atoms with Crippen molar-refractivity contribution in [2.24, 2.45) is 0 Å². The summed E-state index contributed by atoms with van der Waals surface area (Å²) >= 11 is 1.16. The number of ether oxygens (including phenoxy) is 1. The lowest BCUT2D eigenvalue weighted by molar-refractivity contribution is -0.384. The number of thiophene rings is 1. The van der Waals surface area contributed by atoms with E-state index in [0.29, 0.717) is 26.7 Å². The number of amides is 1. The van der Waals surface area contributed by atoms with Crippen molar-refractivity contribution in [2.75, 3.05) is 5.32 Å². The van der Waals surface area contributed by atoms with E-state index >= 15 is 0 Å². The first-order chi connectivity index (χ1) is 14.8. The van der Waals surface area contributed by atoms with Crippen molar-refractivity contribution in [1.29, 1.82) is 0 Å². The van der Waals surface area contributed by atoms with Crippen LogP contribution < -0.4 is 10.9 Å². The summed E-state index contributed by atoms with van der Waals surface area (Å²) in [4.78, 5) is 46.3. The third-order valence-electron chi connectivity index (χ3n) is 4.42. The Balaban J connectivity index is 1.57. The van der Waals surface area contributed by atoms with E-state index in [1.807, 2.05) is 0 Å². The molecule has 2 aromatic heterocycles. The van der Waals surface area contributed by atoms with Crippen molar-refractivity contribution in [1.82, 2.24) is 0 Å². The van der Waals surface area contributed by atoms with Crippen LogP contribution in [-0.4, -0.2) is 16.8 Å². The molecule has 0 fully saturated rings. The monoisotopic (exact) mass is 438 g/mol. The molecule has 0 bridgehead atoms. The van der Waals surface area contributed by atoms with E-state index in [4.69, 9.17) is 9.15 Å². The lowest BCUT2D eigenvalue weighted by Crippen LogP contribution is -2.08. The maximum atomic E-state index is 12.5. The van der Waals surface area contributed by atoms with Crippen LogP contribution in [0.3, 0.4) is 0 Å². The van der Waals surface area contributed by atoms with Crippen LogP contribution in [0.15, 0.2) is 57.7 Å². The summed E-state index contributed by atoms with van der Waals surface area (Å²) < 4.78 is 11.3. The molecule has 156 valence electrons. The Labute approximate surface area is 178 Å². The van der Waals surface area contributed by atoms with Crippen LogP contribution in [0.2, 0.25) is 0 Å². The van der Waals surface area contributed by atoms with Crippen molar-refractivity contribution < 1.29 is 23.7 Å². The second-order valence-electron chi connectivity index (χ2n) is 6.65. The number of hydrogen-bond donors (Lipinski definition) is 1. The van der Waals surface area contributed by atoms with Gasteiger partial charge in [-0.25, -0.2) is 9.59 Å². The smallest absolute Gasteiger partial charge is 0.348 e. The zero-order chi connectivity index (χ0) is 22.1. The number of anilines is 1. The second kappa shape index (κ2) is 8.00. The fraction of sp³-hybridized carbons (Fsp3) is 0.0952. The number of nitro benzene ring substituents is 1. The van der Waals surface area contributed by atoms with Gasteiger partial charge >= 0.3 is 11.6 Å². The summed E-state index contributed by atoms with van der Waals surface area (Å²) in [5, 5.41) is 14.7. The summed E-state index contributed by atoms with van der Waals surface area (Å²) in [5.74, 6) is -0.874. The van der Waals surface area contributed by atoms with Crippen molar-refractivity contribution >= 4 is 55.6 Å². The summed E-state index contributed by atoms with van der Waals surface area (Å²) in [6.45, 7) is 1.19. The summed E-state index contributed by atoms with van der Waals surface area (Å²) in [6.07, 6.45) is 0. The number of nitrogens with one attached hydrogen (secondary N) is 1. The number of fused-ring (bicyclic) bond motifs is 2. The average molecular weight is 438 g/mol. The number of non-ortho nitro benzene ring substituents is 1. The molecule has 0 unspecified atom stereocenters. The number of carbonyl (C=O) groups excluding carboxylic acids is 2. The first-order valence-corrected chi connectivity index (χ1v) is 9.81. The van der Waals surface area contributed by atoms with Crippen LogP contribution in [0.5, 0.6) is 0 Å². The molecular formula is C21H14N2O7S. The number of rotatable bonds is 5. The lowest BCUT2D eigenvalue weighted by atomic mass is 10.1. The fourth-order valence-electron chi connectivity index (χ4n) is 3.09. The molecule has 1 amide bonds. The minimum Gasteiger partial charge on any atom is -0.457 e. The van der Waals surface area contributed by atoms with Gasteiger partial charge in [-0.1, -0.05) is 0 Å². The number of esters is 1. The first kappa shape index (κ1) is 20.2. The highest BCUT2D eigenvalue weighted by Crippen LogP contribution is 2.30. The quantitative estimate of drug-likeness (QED) is 0.214. The van der Waals surface area contributed by atoms with Crippen LogP contribution >= 0.6 is 11.3 Å². The van der Waals surface area contributed by atoms with Gasteiger partial charge in [0, 0.05) is 57.9 Å². The van der Waals surface area contributed by atoms with E-state index in [1.54, 1.807) is 18.2 Å². The van der Waals surface area contributed by atoms with Gasteiger partial charge in [0.1, 0.15) is 17.1 Å². The number of hydrogen-bond acceptors (Lipinski definition) is 8.